The minimum absolute atomic E-state index is 0.0240. The molecule has 1 aliphatic rings. The van der Waals surface area contributed by atoms with Crippen molar-refractivity contribution in [3.63, 3.8) is 0 Å². The molecular formula is C22H23FN4O. The Balaban J connectivity index is 1.50. The molecule has 0 atom stereocenters. The summed E-state index contributed by atoms with van der Waals surface area (Å²) in [5.74, 6) is -0.213. The highest BCUT2D eigenvalue weighted by Gasteiger charge is 2.27. The number of rotatable bonds is 3. The van der Waals surface area contributed by atoms with Gasteiger partial charge in [-0.15, -0.1) is 0 Å². The minimum Gasteiger partial charge on any atom is -0.368 e. The lowest BCUT2D eigenvalue weighted by Crippen LogP contribution is -2.49. The van der Waals surface area contributed by atoms with Crippen molar-refractivity contribution in [2.45, 2.75) is 13.8 Å². The average molecular weight is 378 g/mol. The number of benzene rings is 2. The summed E-state index contributed by atoms with van der Waals surface area (Å²) in [7, 11) is 0. The topological polar surface area (TPSA) is 41.4 Å². The number of amides is 1. The van der Waals surface area contributed by atoms with Gasteiger partial charge in [-0.3, -0.25) is 4.79 Å². The first kappa shape index (κ1) is 18.2. The Morgan fingerprint density at radius 2 is 1.54 bits per heavy atom. The second-order valence-electron chi connectivity index (χ2n) is 7.05. The van der Waals surface area contributed by atoms with E-state index in [1.54, 1.807) is 12.1 Å². The molecule has 1 fully saturated rings. The zero-order valence-electron chi connectivity index (χ0n) is 16.1. The van der Waals surface area contributed by atoms with Crippen LogP contribution >= 0.6 is 0 Å². The molecule has 5 nitrogen and oxygen atoms in total. The number of aromatic nitrogens is 2. The van der Waals surface area contributed by atoms with E-state index in [4.69, 9.17) is 0 Å². The summed E-state index contributed by atoms with van der Waals surface area (Å²) in [6.07, 6.45) is 0. The third-order valence-corrected chi connectivity index (χ3v) is 5.26. The van der Waals surface area contributed by atoms with Crippen LogP contribution in [0.3, 0.4) is 0 Å². The molecule has 0 N–H and O–H groups in total. The normalized spacial score (nSPS) is 14.4. The number of carbonyl (C=O) groups is 1. The van der Waals surface area contributed by atoms with Crippen LogP contribution in [0.5, 0.6) is 0 Å². The smallest absolute Gasteiger partial charge is 0.257 e. The second-order valence-corrected chi connectivity index (χ2v) is 7.05. The molecule has 0 bridgehead atoms. The highest BCUT2D eigenvalue weighted by atomic mass is 19.1. The fraction of sp³-hybridized carbons (Fsp3) is 0.273. The molecule has 0 unspecified atom stereocenters. The van der Waals surface area contributed by atoms with Crippen LogP contribution in [0.2, 0.25) is 0 Å². The highest BCUT2D eigenvalue weighted by Crippen LogP contribution is 2.22. The molecule has 2 heterocycles. The van der Waals surface area contributed by atoms with E-state index in [-0.39, 0.29) is 11.7 Å². The predicted octanol–water partition coefficient (Wildman–Crippen LogP) is 3.59. The number of aryl methyl sites for hydroxylation is 1. The van der Waals surface area contributed by atoms with Crippen molar-refractivity contribution in [2.24, 2.45) is 0 Å². The summed E-state index contributed by atoms with van der Waals surface area (Å²) in [5.41, 5.74) is 4.21. The largest absolute Gasteiger partial charge is 0.368 e. The van der Waals surface area contributed by atoms with Gasteiger partial charge in [-0.25, -0.2) is 9.07 Å². The first-order valence-electron chi connectivity index (χ1n) is 9.46. The molecule has 1 aromatic heterocycles. The molecule has 0 radical (unpaired) electrons. The molecule has 0 aliphatic carbocycles. The monoisotopic (exact) mass is 378 g/mol. The Hall–Kier alpha value is -3.15. The molecule has 6 heteroatoms. The Morgan fingerprint density at radius 1 is 0.893 bits per heavy atom. The van der Waals surface area contributed by atoms with E-state index in [2.05, 4.69) is 10.00 Å². The lowest BCUT2D eigenvalue weighted by Gasteiger charge is -2.36. The number of hydrogen-bond donors (Lipinski definition) is 0. The average Bonchev–Trinajstić information content (AvgIpc) is 3.03. The summed E-state index contributed by atoms with van der Waals surface area (Å²) >= 11 is 0. The van der Waals surface area contributed by atoms with Gasteiger partial charge in [-0.05, 0) is 50.2 Å². The van der Waals surface area contributed by atoms with Gasteiger partial charge in [-0.1, -0.05) is 18.2 Å². The summed E-state index contributed by atoms with van der Waals surface area (Å²) in [6.45, 7) is 6.53. The van der Waals surface area contributed by atoms with Crippen molar-refractivity contribution in [3.8, 4) is 5.69 Å². The lowest BCUT2D eigenvalue weighted by atomic mass is 10.1. The molecule has 0 spiro atoms. The Bertz CT molecular complexity index is 974. The molecule has 0 saturated carbocycles. The quantitative estimate of drug-likeness (QED) is 0.699. The summed E-state index contributed by atoms with van der Waals surface area (Å²) in [6, 6.07) is 16.3. The standard InChI is InChI=1S/C22H23FN4O/c1-16-21(17(2)27(24-16)20-6-4-3-5-7-20)22(28)26-14-12-25(13-15-26)19-10-8-18(23)9-11-19/h3-11H,12-15H2,1-2H3. The van der Waals surface area contributed by atoms with Gasteiger partial charge in [0.2, 0.25) is 0 Å². The fourth-order valence-corrected chi connectivity index (χ4v) is 3.75. The minimum atomic E-state index is -0.237. The molecule has 1 aliphatic heterocycles. The van der Waals surface area contributed by atoms with Gasteiger partial charge >= 0.3 is 0 Å². The molecule has 1 amide bonds. The molecule has 1 saturated heterocycles. The predicted molar refractivity (Wildman–Crippen MR) is 108 cm³/mol. The van der Waals surface area contributed by atoms with Crippen LogP contribution < -0.4 is 4.90 Å². The second kappa shape index (κ2) is 7.46. The van der Waals surface area contributed by atoms with Crippen LogP contribution in [0.15, 0.2) is 54.6 Å². The van der Waals surface area contributed by atoms with Crippen LogP contribution in [0.4, 0.5) is 10.1 Å². The Kier molecular flexibility index (Phi) is 4.86. The summed E-state index contributed by atoms with van der Waals surface area (Å²) in [5, 5.41) is 4.59. The van der Waals surface area contributed by atoms with E-state index < -0.39 is 0 Å². The van der Waals surface area contributed by atoms with Crippen molar-refractivity contribution in [1.82, 2.24) is 14.7 Å². The number of para-hydroxylation sites is 1. The number of nitrogens with zero attached hydrogens (tertiary/aromatic N) is 4. The first-order valence-corrected chi connectivity index (χ1v) is 9.46. The molecule has 2 aromatic carbocycles. The zero-order valence-corrected chi connectivity index (χ0v) is 16.1. The number of anilines is 1. The molecule has 144 valence electrons. The molecule has 28 heavy (non-hydrogen) atoms. The zero-order chi connectivity index (χ0) is 19.7. The summed E-state index contributed by atoms with van der Waals surface area (Å²) < 4.78 is 15.0. The SMILES string of the molecule is Cc1nn(-c2ccccc2)c(C)c1C(=O)N1CCN(c2ccc(F)cc2)CC1. The number of hydrogen-bond acceptors (Lipinski definition) is 3. The van der Waals surface area contributed by atoms with Crippen LogP contribution in [0, 0.1) is 19.7 Å². The van der Waals surface area contributed by atoms with Gasteiger partial charge in [0.1, 0.15) is 5.82 Å². The van der Waals surface area contributed by atoms with E-state index in [0.717, 1.165) is 35.9 Å². The van der Waals surface area contributed by atoms with Crippen LogP contribution in [-0.2, 0) is 0 Å². The molecular weight excluding hydrogens is 355 g/mol. The van der Waals surface area contributed by atoms with Crippen molar-refractivity contribution < 1.29 is 9.18 Å². The van der Waals surface area contributed by atoms with E-state index in [1.165, 1.54) is 12.1 Å². The Labute approximate surface area is 164 Å². The fourth-order valence-electron chi connectivity index (χ4n) is 3.75. The van der Waals surface area contributed by atoms with Crippen molar-refractivity contribution in [2.75, 3.05) is 31.1 Å². The highest BCUT2D eigenvalue weighted by molar-refractivity contribution is 5.96. The molecule has 3 aromatic rings. The number of carbonyl (C=O) groups excluding carboxylic acids is 1. The van der Waals surface area contributed by atoms with E-state index >= 15 is 0 Å². The van der Waals surface area contributed by atoms with E-state index in [0.29, 0.717) is 18.7 Å². The maximum atomic E-state index is 13.2. The van der Waals surface area contributed by atoms with Crippen LogP contribution in [0.25, 0.3) is 5.69 Å². The number of piperazine rings is 1. The van der Waals surface area contributed by atoms with Gasteiger partial charge in [0.15, 0.2) is 0 Å². The summed E-state index contributed by atoms with van der Waals surface area (Å²) in [4.78, 5) is 17.2. The third-order valence-electron chi connectivity index (χ3n) is 5.26. The molecule has 4 rings (SSSR count). The van der Waals surface area contributed by atoms with Gasteiger partial charge in [0.05, 0.1) is 22.6 Å². The van der Waals surface area contributed by atoms with E-state index in [1.807, 2.05) is 53.8 Å². The third kappa shape index (κ3) is 3.38. The van der Waals surface area contributed by atoms with Gasteiger partial charge in [0.25, 0.3) is 5.91 Å². The maximum absolute atomic E-state index is 13.2. The first-order chi connectivity index (χ1) is 13.5. The van der Waals surface area contributed by atoms with Gasteiger partial charge < -0.3 is 9.80 Å². The van der Waals surface area contributed by atoms with Crippen LogP contribution in [-0.4, -0.2) is 46.8 Å². The van der Waals surface area contributed by atoms with Crippen molar-refractivity contribution in [3.05, 3.63) is 77.4 Å². The number of halogens is 1. The van der Waals surface area contributed by atoms with Crippen LogP contribution in [0.1, 0.15) is 21.7 Å². The lowest BCUT2D eigenvalue weighted by molar-refractivity contribution is 0.0745. The van der Waals surface area contributed by atoms with Gasteiger partial charge in [-0.2, -0.15) is 5.10 Å². The van der Waals surface area contributed by atoms with Crippen molar-refractivity contribution in [1.29, 1.82) is 0 Å². The maximum Gasteiger partial charge on any atom is 0.257 e. The van der Waals surface area contributed by atoms with Crippen molar-refractivity contribution >= 4 is 11.6 Å². The van der Waals surface area contributed by atoms with E-state index in [9.17, 15) is 9.18 Å². The Morgan fingerprint density at radius 3 is 2.18 bits per heavy atom. The van der Waals surface area contributed by atoms with Gasteiger partial charge in [0, 0.05) is 31.9 Å².